The highest BCUT2D eigenvalue weighted by Crippen LogP contribution is 2.31. The largest absolute Gasteiger partial charge is 0.309 e. The van der Waals surface area contributed by atoms with Gasteiger partial charge in [0.1, 0.15) is 0 Å². The molecule has 1 aliphatic rings. The van der Waals surface area contributed by atoms with Crippen molar-refractivity contribution in [3.05, 3.63) is 40.6 Å². The van der Waals surface area contributed by atoms with Crippen LogP contribution in [-0.4, -0.2) is 16.3 Å². The molecule has 0 bridgehead atoms. The Bertz CT molecular complexity index is 611. The van der Waals surface area contributed by atoms with E-state index in [9.17, 15) is 0 Å². The number of nitrogens with one attached hydrogen (secondary N) is 1. The van der Waals surface area contributed by atoms with Crippen molar-refractivity contribution in [1.29, 1.82) is 0 Å². The fourth-order valence-corrected chi connectivity index (χ4v) is 3.41. The Balaban J connectivity index is 2.06. The second-order valence-electron chi connectivity index (χ2n) is 6.00. The predicted molar refractivity (Wildman–Crippen MR) is 82.8 cm³/mol. The molecule has 1 N–H and O–H groups in total. The molecule has 2 heterocycles. The van der Waals surface area contributed by atoms with Gasteiger partial charge in [0.05, 0.1) is 17.4 Å². The van der Waals surface area contributed by atoms with Gasteiger partial charge in [-0.1, -0.05) is 17.7 Å². The van der Waals surface area contributed by atoms with Crippen molar-refractivity contribution in [2.75, 3.05) is 6.54 Å². The summed E-state index contributed by atoms with van der Waals surface area (Å²) in [5, 5.41) is 8.26. The van der Waals surface area contributed by atoms with Gasteiger partial charge in [-0.2, -0.15) is 5.10 Å². The van der Waals surface area contributed by atoms with Crippen LogP contribution in [0.25, 0.3) is 11.3 Å². The molecule has 20 heavy (non-hydrogen) atoms. The Morgan fingerprint density at radius 2 is 1.85 bits per heavy atom. The summed E-state index contributed by atoms with van der Waals surface area (Å²) in [5.74, 6) is 0. The second kappa shape index (κ2) is 5.06. The Labute approximate surface area is 121 Å². The number of rotatable bonds is 2. The van der Waals surface area contributed by atoms with Crippen LogP contribution >= 0.6 is 0 Å². The van der Waals surface area contributed by atoms with Crippen LogP contribution in [0.2, 0.25) is 0 Å². The molecule has 1 aromatic heterocycles. The van der Waals surface area contributed by atoms with Crippen LogP contribution < -0.4 is 5.32 Å². The Kier molecular flexibility index (Phi) is 3.38. The van der Waals surface area contributed by atoms with Crippen molar-refractivity contribution in [1.82, 2.24) is 15.1 Å². The summed E-state index contributed by atoms with van der Waals surface area (Å²) in [6.45, 7) is 7.64. The predicted octanol–water partition coefficient (Wildman–Crippen LogP) is 3.44. The molecule has 0 radical (unpaired) electrons. The zero-order valence-electron chi connectivity index (χ0n) is 12.8. The molecule has 0 spiro atoms. The van der Waals surface area contributed by atoms with Crippen LogP contribution in [0.4, 0.5) is 0 Å². The number of hydrogen-bond donors (Lipinski definition) is 1. The molecule has 1 atom stereocenters. The van der Waals surface area contributed by atoms with E-state index in [1.807, 2.05) is 11.7 Å². The first-order valence-electron chi connectivity index (χ1n) is 7.42. The average molecular weight is 269 g/mol. The molecule has 106 valence electrons. The fraction of sp³-hybridized carbons (Fsp3) is 0.471. The van der Waals surface area contributed by atoms with Crippen LogP contribution in [0.15, 0.2) is 18.2 Å². The SMILES string of the molecule is Cc1cc(C)c(-c2cc(C3CCCN3)nn2C)c(C)c1. The highest BCUT2D eigenvalue weighted by atomic mass is 15.3. The topological polar surface area (TPSA) is 29.9 Å². The van der Waals surface area contributed by atoms with Gasteiger partial charge in [0, 0.05) is 12.6 Å². The molecule has 2 aromatic rings. The maximum absolute atomic E-state index is 4.73. The van der Waals surface area contributed by atoms with E-state index in [-0.39, 0.29) is 0 Å². The fourth-order valence-electron chi connectivity index (χ4n) is 3.41. The molecule has 1 aromatic carbocycles. The summed E-state index contributed by atoms with van der Waals surface area (Å²) in [7, 11) is 2.05. The third-order valence-corrected chi connectivity index (χ3v) is 4.25. The summed E-state index contributed by atoms with van der Waals surface area (Å²) in [6, 6.07) is 7.19. The van der Waals surface area contributed by atoms with Gasteiger partial charge >= 0.3 is 0 Å². The van der Waals surface area contributed by atoms with E-state index in [1.54, 1.807) is 0 Å². The molecule has 0 amide bonds. The molecule has 3 rings (SSSR count). The monoisotopic (exact) mass is 269 g/mol. The molecular weight excluding hydrogens is 246 g/mol. The van der Waals surface area contributed by atoms with Crippen molar-refractivity contribution in [2.45, 2.75) is 39.7 Å². The molecule has 3 nitrogen and oxygen atoms in total. The maximum atomic E-state index is 4.73. The summed E-state index contributed by atoms with van der Waals surface area (Å²) in [5.41, 5.74) is 7.72. The van der Waals surface area contributed by atoms with Gasteiger partial charge in [0.15, 0.2) is 0 Å². The first kappa shape index (κ1) is 13.4. The van der Waals surface area contributed by atoms with Gasteiger partial charge in [0.2, 0.25) is 0 Å². The minimum Gasteiger partial charge on any atom is -0.309 e. The lowest BCUT2D eigenvalue weighted by Gasteiger charge is -2.11. The normalized spacial score (nSPS) is 18.7. The first-order valence-corrected chi connectivity index (χ1v) is 7.42. The quantitative estimate of drug-likeness (QED) is 0.905. The van der Waals surface area contributed by atoms with Gasteiger partial charge in [-0.25, -0.2) is 0 Å². The lowest BCUT2D eigenvalue weighted by atomic mass is 9.97. The van der Waals surface area contributed by atoms with Gasteiger partial charge < -0.3 is 5.32 Å². The summed E-state index contributed by atoms with van der Waals surface area (Å²) >= 11 is 0. The van der Waals surface area contributed by atoms with Crippen molar-refractivity contribution >= 4 is 0 Å². The molecule has 0 saturated carbocycles. The van der Waals surface area contributed by atoms with E-state index in [0.29, 0.717) is 6.04 Å². The highest BCUT2D eigenvalue weighted by Gasteiger charge is 2.21. The van der Waals surface area contributed by atoms with E-state index in [1.165, 1.54) is 46.5 Å². The molecule has 1 saturated heterocycles. The number of aryl methyl sites for hydroxylation is 4. The highest BCUT2D eigenvalue weighted by molar-refractivity contribution is 5.69. The van der Waals surface area contributed by atoms with E-state index in [0.717, 1.165) is 6.54 Å². The third kappa shape index (κ3) is 2.27. The summed E-state index contributed by atoms with van der Waals surface area (Å²) < 4.78 is 2.03. The van der Waals surface area contributed by atoms with Crippen LogP contribution in [-0.2, 0) is 7.05 Å². The summed E-state index contributed by atoms with van der Waals surface area (Å²) in [6.07, 6.45) is 2.45. The lowest BCUT2D eigenvalue weighted by Crippen LogP contribution is -2.13. The van der Waals surface area contributed by atoms with Crippen LogP contribution in [0.5, 0.6) is 0 Å². The van der Waals surface area contributed by atoms with Gasteiger partial charge in [-0.05, 0) is 57.4 Å². The average Bonchev–Trinajstić information content (AvgIpc) is 2.98. The standard InChI is InChI=1S/C17H23N3/c1-11-8-12(2)17(13(3)9-11)16-10-15(19-20(16)4)14-6-5-7-18-14/h8-10,14,18H,5-7H2,1-4H3. The smallest absolute Gasteiger partial charge is 0.0800 e. The molecule has 1 fully saturated rings. The maximum Gasteiger partial charge on any atom is 0.0800 e. The number of aromatic nitrogens is 2. The van der Waals surface area contributed by atoms with E-state index < -0.39 is 0 Å². The van der Waals surface area contributed by atoms with Gasteiger partial charge in [-0.15, -0.1) is 0 Å². The van der Waals surface area contributed by atoms with Crippen LogP contribution in [0, 0.1) is 20.8 Å². The Hall–Kier alpha value is -1.61. The second-order valence-corrected chi connectivity index (χ2v) is 6.00. The minimum absolute atomic E-state index is 0.431. The van der Waals surface area contributed by atoms with Crippen LogP contribution in [0.3, 0.4) is 0 Å². The van der Waals surface area contributed by atoms with Gasteiger partial charge in [0.25, 0.3) is 0 Å². The Morgan fingerprint density at radius 1 is 1.15 bits per heavy atom. The molecule has 1 unspecified atom stereocenters. The zero-order valence-corrected chi connectivity index (χ0v) is 12.8. The molecular formula is C17H23N3. The molecule has 1 aliphatic heterocycles. The van der Waals surface area contributed by atoms with E-state index in [4.69, 9.17) is 5.10 Å². The number of hydrogen-bond acceptors (Lipinski definition) is 2. The zero-order chi connectivity index (χ0) is 14.3. The van der Waals surface area contributed by atoms with Crippen LogP contribution in [0.1, 0.15) is 41.3 Å². The van der Waals surface area contributed by atoms with E-state index in [2.05, 4.69) is 44.3 Å². The third-order valence-electron chi connectivity index (χ3n) is 4.25. The van der Waals surface area contributed by atoms with Crippen molar-refractivity contribution in [2.24, 2.45) is 7.05 Å². The van der Waals surface area contributed by atoms with Crippen molar-refractivity contribution < 1.29 is 0 Å². The van der Waals surface area contributed by atoms with E-state index >= 15 is 0 Å². The molecule has 3 heteroatoms. The van der Waals surface area contributed by atoms with Crippen molar-refractivity contribution in [3.63, 3.8) is 0 Å². The molecule has 0 aliphatic carbocycles. The van der Waals surface area contributed by atoms with Crippen molar-refractivity contribution in [3.8, 4) is 11.3 Å². The summed E-state index contributed by atoms with van der Waals surface area (Å²) in [4.78, 5) is 0. The number of benzene rings is 1. The minimum atomic E-state index is 0.431. The number of nitrogens with zero attached hydrogens (tertiary/aromatic N) is 2. The Morgan fingerprint density at radius 3 is 2.45 bits per heavy atom. The lowest BCUT2D eigenvalue weighted by molar-refractivity contribution is 0.607. The van der Waals surface area contributed by atoms with Gasteiger partial charge in [-0.3, -0.25) is 4.68 Å². The first-order chi connectivity index (χ1) is 9.56.